The molecule has 1 N–H and O–H groups in total. The van der Waals surface area contributed by atoms with Gasteiger partial charge in [-0.05, 0) is 56.4 Å². The van der Waals surface area contributed by atoms with Crippen molar-refractivity contribution in [2.75, 3.05) is 0 Å². The van der Waals surface area contributed by atoms with Gasteiger partial charge in [-0.3, -0.25) is 0 Å². The molecule has 0 amide bonds. The lowest BCUT2D eigenvalue weighted by atomic mass is 10.0. The molecule has 0 bridgehead atoms. The van der Waals surface area contributed by atoms with Gasteiger partial charge in [0.25, 0.3) is 0 Å². The molecule has 0 radical (unpaired) electrons. The second-order valence-corrected chi connectivity index (χ2v) is 8.53. The van der Waals surface area contributed by atoms with Crippen LogP contribution in [0.4, 0.5) is 13.2 Å². The number of fused-ring (bicyclic) bond motifs is 1. The van der Waals surface area contributed by atoms with Crippen LogP contribution in [0.5, 0.6) is 0 Å². The van der Waals surface area contributed by atoms with Crippen molar-refractivity contribution in [1.29, 1.82) is 0 Å². The minimum absolute atomic E-state index is 0.0248. The molecular formula is C15H20F3NOS. The van der Waals surface area contributed by atoms with Crippen molar-refractivity contribution in [2.45, 2.75) is 57.0 Å². The van der Waals surface area contributed by atoms with Crippen molar-refractivity contribution in [1.82, 2.24) is 4.72 Å². The minimum Gasteiger partial charge on any atom is -0.598 e. The standard InChI is InChI=1S/C15H20F3NOS/c1-9-7-13(19-21(20)14(2,3)4)11-6-5-10(8-12(9)11)15(16,17)18/h5-6,8-9,13,19H,7H2,1-4H3/t9?,13-,21?/m1/s1. The second-order valence-electron chi connectivity index (χ2n) is 6.53. The molecular weight excluding hydrogens is 299 g/mol. The largest absolute Gasteiger partial charge is 0.598 e. The Balaban J connectivity index is 2.26. The number of halogens is 3. The Morgan fingerprint density at radius 2 is 1.81 bits per heavy atom. The molecule has 2 rings (SSSR count). The molecule has 0 saturated carbocycles. The topological polar surface area (TPSA) is 35.1 Å². The summed E-state index contributed by atoms with van der Waals surface area (Å²) >= 11 is -1.24. The highest BCUT2D eigenvalue weighted by atomic mass is 32.2. The zero-order valence-electron chi connectivity index (χ0n) is 12.5. The monoisotopic (exact) mass is 319 g/mol. The van der Waals surface area contributed by atoms with Gasteiger partial charge in [-0.15, -0.1) is 4.72 Å². The van der Waals surface area contributed by atoms with E-state index < -0.39 is 27.8 Å². The van der Waals surface area contributed by atoms with Crippen molar-refractivity contribution in [3.63, 3.8) is 0 Å². The Kier molecular flexibility index (Phi) is 4.35. The average molecular weight is 319 g/mol. The molecule has 1 aliphatic rings. The number of hydrogen-bond donors (Lipinski definition) is 1. The van der Waals surface area contributed by atoms with Gasteiger partial charge >= 0.3 is 6.18 Å². The maximum Gasteiger partial charge on any atom is 0.416 e. The first-order valence-corrected chi connectivity index (χ1v) is 8.04. The summed E-state index contributed by atoms with van der Waals surface area (Å²) in [5.74, 6) is 0.0248. The zero-order chi connectivity index (χ0) is 16.0. The fourth-order valence-electron chi connectivity index (χ4n) is 2.52. The van der Waals surface area contributed by atoms with Gasteiger partial charge in [-0.2, -0.15) is 13.2 Å². The molecule has 0 fully saturated rings. The molecule has 0 aromatic heterocycles. The van der Waals surface area contributed by atoms with Crippen LogP contribution in [-0.4, -0.2) is 9.30 Å². The molecule has 1 aromatic carbocycles. The van der Waals surface area contributed by atoms with Crippen molar-refractivity contribution in [3.05, 3.63) is 34.9 Å². The Labute approximate surface area is 126 Å². The summed E-state index contributed by atoms with van der Waals surface area (Å²) in [7, 11) is 0. The van der Waals surface area contributed by atoms with E-state index in [1.807, 2.05) is 27.7 Å². The molecule has 2 unspecified atom stereocenters. The third-order valence-corrected chi connectivity index (χ3v) is 5.33. The summed E-state index contributed by atoms with van der Waals surface area (Å²) in [4.78, 5) is 0. The van der Waals surface area contributed by atoms with Crippen LogP contribution in [0.3, 0.4) is 0 Å². The van der Waals surface area contributed by atoms with Crippen LogP contribution < -0.4 is 4.72 Å². The van der Waals surface area contributed by atoms with E-state index in [0.29, 0.717) is 12.0 Å². The van der Waals surface area contributed by atoms with E-state index in [9.17, 15) is 17.7 Å². The summed E-state index contributed by atoms with van der Waals surface area (Å²) in [6.45, 7) is 7.49. The van der Waals surface area contributed by atoms with E-state index in [2.05, 4.69) is 4.72 Å². The fourth-order valence-corrected chi connectivity index (χ4v) is 3.36. The summed E-state index contributed by atoms with van der Waals surface area (Å²) in [6, 6.07) is 3.68. The predicted octanol–water partition coefficient (Wildman–Crippen LogP) is 4.31. The number of hydrogen-bond acceptors (Lipinski definition) is 2. The van der Waals surface area contributed by atoms with Crippen molar-refractivity contribution in [3.8, 4) is 0 Å². The highest BCUT2D eigenvalue weighted by molar-refractivity contribution is 7.90. The zero-order valence-corrected chi connectivity index (χ0v) is 13.4. The third-order valence-electron chi connectivity index (χ3n) is 3.72. The summed E-state index contributed by atoms with van der Waals surface area (Å²) < 4.78 is 53.2. The molecule has 1 aliphatic carbocycles. The molecule has 0 heterocycles. The Morgan fingerprint density at radius 1 is 1.19 bits per heavy atom. The van der Waals surface area contributed by atoms with Crippen LogP contribution in [0.15, 0.2) is 18.2 Å². The van der Waals surface area contributed by atoms with Gasteiger partial charge in [-0.25, -0.2) is 0 Å². The first-order valence-electron chi connectivity index (χ1n) is 6.89. The molecule has 3 atom stereocenters. The van der Waals surface area contributed by atoms with Gasteiger partial charge in [0.1, 0.15) is 4.75 Å². The van der Waals surface area contributed by atoms with Gasteiger partial charge in [0, 0.05) is 11.4 Å². The van der Waals surface area contributed by atoms with E-state index in [1.54, 1.807) is 0 Å². The molecule has 118 valence electrons. The lowest BCUT2D eigenvalue weighted by Gasteiger charge is -2.26. The Morgan fingerprint density at radius 3 is 2.33 bits per heavy atom. The van der Waals surface area contributed by atoms with Crippen LogP contribution >= 0.6 is 0 Å². The number of nitrogens with one attached hydrogen (secondary N) is 1. The lowest BCUT2D eigenvalue weighted by molar-refractivity contribution is -0.137. The lowest BCUT2D eigenvalue weighted by Crippen LogP contribution is -2.40. The first-order chi connectivity index (χ1) is 9.50. The predicted molar refractivity (Wildman–Crippen MR) is 78.2 cm³/mol. The molecule has 0 spiro atoms. The smallest absolute Gasteiger partial charge is 0.416 e. The van der Waals surface area contributed by atoms with E-state index in [-0.39, 0.29) is 12.0 Å². The molecule has 0 saturated heterocycles. The van der Waals surface area contributed by atoms with Crippen LogP contribution in [0, 0.1) is 0 Å². The quantitative estimate of drug-likeness (QED) is 0.825. The van der Waals surface area contributed by atoms with Crippen molar-refractivity contribution < 1.29 is 17.7 Å². The number of alkyl halides is 3. The first kappa shape index (κ1) is 16.6. The number of rotatable bonds is 2. The summed E-state index contributed by atoms with van der Waals surface area (Å²) in [6.07, 6.45) is -3.66. The molecule has 6 heteroatoms. The van der Waals surface area contributed by atoms with Crippen molar-refractivity contribution in [2.24, 2.45) is 0 Å². The molecule has 21 heavy (non-hydrogen) atoms. The second kappa shape index (κ2) is 5.48. The SMILES string of the molecule is CC1C[C@@H](N[S+]([O-])C(C)(C)C)c2ccc(C(F)(F)F)cc21. The normalized spacial score (nSPS) is 24.0. The Bertz CT molecular complexity index is 525. The fraction of sp³-hybridized carbons (Fsp3) is 0.600. The van der Waals surface area contributed by atoms with E-state index in [0.717, 1.165) is 11.6 Å². The average Bonchev–Trinajstić information content (AvgIpc) is 2.64. The molecule has 1 aromatic rings. The number of benzene rings is 1. The van der Waals surface area contributed by atoms with Gasteiger partial charge in [0.05, 0.1) is 11.6 Å². The van der Waals surface area contributed by atoms with Gasteiger partial charge in [0.2, 0.25) is 0 Å². The van der Waals surface area contributed by atoms with Crippen LogP contribution in [0.2, 0.25) is 0 Å². The molecule has 2 nitrogen and oxygen atoms in total. The maximum absolute atomic E-state index is 12.8. The summed E-state index contributed by atoms with van der Waals surface area (Å²) in [5, 5.41) is 0. The van der Waals surface area contributed by atoms with Crippen LogP contribution in [-0.2, 0) is 17.5 Å². The van der Waals surface area contributed by atoms with E-state index >= 15 is 0 Å². The highest BCUT2D eigenvalue weighted by Gasteiger charge is 2.38. The maximum atomic E-state index is 12.8. The van der Waals surface area contributed by atoms with E-state index in [1.165, 1.54) is 12.1 Å². The van der Waals surface area contributed by atoms with Crippen LogP contribution in [0.25, 0.3) is 0 Å². The summed E-state index contributed by atoms with van der Waals surface area (Å²) in [5.41, 5.74) is 0.909. The van der Waals surface area contributed by atoms with E-state index in [4.69, 9.17) is 0 Å². The van der Waals surface area contributed by atoms with Gasteiger partial charge < -0.3 is 4.55 Å². The Hall–Kier alpha value is -0.720. The van der Waals surface area contributed by atoms with Gasteiger partial charge in [0.15, 0.2) is 0 Å². The third kappa shape index (κ3) is 3.55. The van der Waals surface area contributed by atoms with Crippen molar-refractivity contribution >= 4 is 11.4 Å². The highest BCUT2D eigenvalue weighted by Crippen LogP contribution is 2.43. The van der Waals surface area contributed by atoms with Gasteiger partial charge in [-0.1, -0.05) is 13.0 Å². The molecule has 0 aliphatic heterocycles. The minimum atomic E-state index is -4.32. The van der Waals surface area contributed by atoms with Crippen LogP contribution in [0.1, 0.15) is 62.8 Å².